The molecular formula is C27H33Cl2N3O4. The minimum Gasteiger partial charge on any atom is -0.444 e. The van der Waals surface area contributed by atoms with E-state index in [0.29, 0.717) is 36.0 Å². The van der Waals surface area contributed by atoms with Gasteiger partial charge in [0.15, 0.2) is 0 Å². The Kier molecular flexibility index (Phi) is 9.63. The highest BCUT2D eigenvalue weighted by Crippen LogP contribution is 2.26. The number of halogens is 2. The molecule has 7 nitrogen and oxygen atoms in total. The number of hydrogen-bond acceptors (Lipinski definition) is 4. The Labute approximate surface area is 222 Å². The van der Waals surface area contributed by atoms with E-state index in [9.17, 15) is 14.4 Å². The number of nitrogens with one attached hydrogen (secondary N) is 2. The summed E-state index contributed by atoms with van der Waals surface area (Å²) in [7, 11) is 0. The second-order valence-electron chi connectivity index (χ2n) is 9.93. The van der Waals surface area contributed by atoms with Crippen molar-refractivity contribution < 1.29 is 19.1 Å². The van der Waals surface area contributed by atoms with Crippen molar-refractivity contribution in [1.82, 2.24) is 15.5 Å². The van der Waals surface area contributed by atoms with Crippen LogP contribution in [-0.2, 0) is 27.2 Å². The summed E-state index contributed by atoms with van der Waals surface area (Å²) in [5.74, 6) is -1.85. The van der Waals surface area contributed by atoms with Gasteiger partial charge in [0.25, 0.3) is 0 Å². The fourth-order valence-electron chi connectivity index (χ4n) is 4.04. The maximum Gasteiger partial charge on any atom is 0.410 e. The molecule has 1 heterocycles. The highest BCUT2D eigenvalue weighted by Gasteiger charge is 2.44. The molecule has 0 aliphatic carbocycles. The first-order valence-electron chi connectivity index (χ1n) is 12.0. The summed E-state index contributed by atoms with van der Waals surface area (Å²) in [5, 5.41) is 7.16. The van der Waals surface area contributed by atoms with Crippen molar-refractivity contribution >= 4 is 41.1 Å². The maximum atomic E-state index is 13.1. The van der Waals surface area contributed by atoms with E-state index < -0.39 is 23.5 Å². The molecule has 1 aliphatic rings. The van der Waals surface area contributed by atoms with Gasteiger partial charge in [-0.2, -0.15) is 0 Å². The summed E-state index contributed by atoms with van der Waals surface area (Å²) in [4.78, 5) is 40.3. The second-order valence-corrected chi connectivity index (χ2v) is 10.8. The van der Waals surface area contributed by atoms with E-state index in [1.54, 1.807) is 45.0 Å². The van der Waals surface area contributed by atoms with Crippen LogP contribution >= 0.6 is 23.2 Å². The third kappa shape index (κ3) is 8.42. The molecule has 1 fully saturated rings. The molecule has 36 heavy (non-hydrogen) atoms. The van der Waals surface area contributed by atoms with Gasteiger partial charge in [-0.05, 0) is 69.0 Å². The molecule has 2 atom stereocenters. The number of amides is 3. The number of nitrogens with zero attached hydrogens (tertiary/aromatic N) is 1. The van der Waals surface area contributed by atoms with E-state index in [0.717, 1.165) is 11.1 Å². The number of benzene rings is 2. The average molecular weight is 534 g/mol. The van der Waals surface area contributed by atoms with E-state index in [1.807, 2.05) is 24.3 Å². The molecule has 3 amide bonds. The third-order valence-corrected chi connectivity index (χ3v) is 6.40. The van der Waals surface area contributed by atoms with Crippen LogP contribution in [0.1, 0.15) is 31.9 Å². The summed E-state index contributed by atoms with van der Waals surface area (Å²) in [6.45, 7) is 6.41. The highest BCUT2D eigenvalue weighted by molar-refractivity contribution is 6.30. The molecule has 0 bridgehead atoms. The highest BCUT2D eigenvalue weighted by atomic mass is 35.5. The monoisotopic (exact) mass is 533 g/mol. The van der Waals surface area contributed by atoms with Gasteiger partial charge in [0.2, 0.25) is 11.8 Å². The van der Waals surface area contributed by atoms with Crippen LogP contribution in [0.5, 0.6) is 0 Å². The molecule has 9 heteroatoms. The Morgan fingerprint density at radius 1 is 0.806 bits per heavy atom. The molecule has 1 aliphatic heterocycles. The van der Waals surface area contributed by atoms with Crippen LogP contribution in [-0.4, -0.2) is 54.6 Å². The Morgan fingerprint density at radius 2 is 1.19 bits per heavy atom. The fourth-order valence-corrected chi connectivity index (χ4v) is 4.29. The van der Waals surface area contributed by atoms with Gasteiger partial charge in [0.05, 0.1) is 11.8 Å². The predicted molar refractivity (Wildman–Crippen MR) is 141 cm³/mol. The van der Waals surface area contributed by atoms with Crippen LogP contribution in [0.4, 0.5) is 4.79 Å². The van der Waals surface area contributed by atoms with Crippen LogP contribution < -0.4 is 10.6 Å². The fraction of sp³-hybridized carbons (Fsp3) is 0.444. The van der Waals surface area contributed by atoms with Crippen molar-refractivity contribution in [2.75, 3.05) is 26.2 Å². The molecule has 2 aromatic carbocycles. The van der Waals surface area contributed by atoms with E-state index in [1.165, 1.54) is 4.90 Å². The van der Waals surface area contributed by atoms with Gasteiger partial charge in [-0.15, -0.1) is 0 Å². The molecule has 0 unspecified atom stereocenters. The van der Waals surface area contributed by atoms with Crippen molar-refractivity contribution in [3.63, 3.8) is 0 Å². The van der Waals surface area contributed by atoms with Gasteiger partial charge in [0.1, 0.15) is 5.60 Å². The van der Waals surface area contributed by atoms with Crippen molar-refractivity contribution in [1.29, 1.82) is 0 Å². The van der Waals surface area contributed by atoms with Crippen LogP contribution in [0.15, 0.2) is 48.5 Å². The topological polar surface area (TPSA) is 87.7 Å². The van der Waals surface area contributed by atoms with Crippen molar-refractivity contribution in [2.24, 2.45) is 11.8 Å². The minimum atomic E-state index is -0.674. The number of likely N-dealkylation sites (tertiary alicyclic amines) is 1. The van der Waals surface area contributed by atoms with E-state index in [-0.39, 0.29) is 24.9 Å². The zero-order valence-corrected chi connectivity index (χ0v) is 22.4. The minimum absolute atomic E-state index is 0.122. The lowest BCUT2D eigenvalue weighted by atomic mass is 9.94. The lowest BCUT2D eigenvalue weighted by molar-refractivity contribution is -0.132. The van der Waals surface area contributed by atoms with Crippen LogP contribution in [0.3, 0.4) is 0 Å². The number of carbonyl (C=O) groups excluding carboxylic acids is 3. The van der Waals surface area contributed by atoms with Gasteiger partial charge in [-0.1, -0.05) is 47.5 Å². The average Bonchev–Trinajstić information content (AvgIpc) is 3.27. The number of carbonyl (C=O) groups is 3. The molecule has 0 radical (unpaired) electrons. The third-order valence-electron chi connectivity index (χ3n) is 5.90. The lowest BCUT2D eigenvalue weighted by Crippen LogP contribution is -2.42. The molecule has 3 rings (SSSR count). The second kappa shape index (κ2) is 12.5. The summed E-state index contributed by atoms with van der Waals surface area (Å²) >= 11 is 11.9. The molecule has 2 aromatic rings. The molecule has 0 saturated carbocycles. The number of ether oxygens (including phenoxy) is 1. The Hall–Kier alpha value is -2.77. The molecule has 2 N–H and O–H groups in total. The quantitative estimate of drug-likeness (QED) is 0.523. The number of rotatable bonds is 8. The van der Waals surface area contributed by atoms with Crippen LogP contribution in [0, 0.1) is 11.8 Å². The molecular weight excluding hydrogens is 501 g/mol. The van der Waals surface area contributed by atoms with Crippen molar-refractivity contribution in [2.45, 2.75) is 39.2 Å². The molecule has 0 aromatic heterocycles. The van der Waals surface area contributed by atoms with E-state index in [2.05, 4.69) is 10.6 Å². The summed E-state index contributed by atoms with van der Waals surface area (Å²) < 4.78 is 5.48. The first-order chi connectivity index (χ1) is 17.0. The zero-order chi connectivity index (χ0) is 26.3. The first kappa shape index (κ1) is 27.8. The van der Waals surface area contributed by atoms with Gasteiger partial charge >= 0.3 is 6.09 Å². The van der Waals surface area contributed by atoms with Gasteiger partial charge in [-0.25, -0.2) is 4.79 Å². The van der Waals surface area contributed by atoms with E-state index >= 15 is 0 Å². The predicted octanol–water partition coefficient (Wildman–Crippen LogP) is 4.49. The van der Waals surface area contributed by atoms with Crippen LogP contribution in [0.25, 0.3) is 0 Å². The molecule has 0 spiro atoms. The Morgan fingerprint density at radius 3 is 1.56 bits per heavy atom. The lowest BCUT2D eigenvalue weighted by Gasteiger charge is -2.24. The van der Waals surface area contributed by atoms with E-state index in [4.69, 9.17) is 27.9 Å². The van der Waals surface area contributed by atoms with Gasteiger partial charge < -0.3 is 20.3 Å². The molecule has 1 saturated heterocycles. The summed E-state index contributed by atoms with van der Waals surface area (Å²) in [6, 6.07) is 14.8. The van der Waals surface area contributed by atoms with Gasteiger partial charge in [0, 0.05) is 36.2 Å². The van der Waals surface area contributed by atoms with Gasteiger partial charge in [-0.3, -0.25) is 9.59 Å². The van der Waals surface area contributed by atoms with Crippen LogP contribution in [0.2, 0.25) is 10.0 Å². The summed E-state index contributed by atoms with van der Waals surface area (Å²) in [5.41, 5.74) is 1.41. The Balaban J connectivity index is 1.60. The summed E-state index contributed by atoms with van der Waals surface area (Å²) in [6.07, 6.45) is 0.727. The first-order valence-corrected chi connectivity index (χ1v) is 12.8. The van der Waals surface area contributed by atoms with Crippen molar-refractivity contribution in [3.05, 3.63) is 69.7 Å². The SMILES string of the molecule is CC(C)(C)OC(=O)N1C[C@H](C(=O)NCCc2ccc(Cl)cc2)[C@@H](C(=O)NCCc2ccc(Cl)cc2)C1. The number of hydrogen-bond donors (Lipinski definition) is 2. The Bertz CT molecular complexity index is 981. The smallest absolute Gasteiger partial charge is 0.410 e. The van der Waals surface area contributed by atoms with Crippen molar-refractivity contribution in [3.8, 4) is 0 Å². The molecule has 194 valence electrons. The normalized spacial score (nSPS) is 17.5. The zero-order valence-electron chi connectivity index (χ0n) is 20.9. The largest absolute Gasteiger partial charge is 0.444 e. The standard InChI is InChI=1S/C27H33Cl2N3O4/c1-27(2,3)36-26(35)32-16-22(24(33)30-14-12-18-4-8-20(28)9-5-18)23(17-32)25(34)31-15-13-19-6-10-21(29)11-7-19/h4-11,22-23H,12-17H2,1-3H3,(H,30,33)(H,31,34)/t22-,23-/m0/s1. The maximum absolute atomic E-state index is 13.1.